The van der Waals surface area contributed by atoms with Gasteiger partial charge in [0.2, 0.25) is 0 Å². The first-order chi connectivity index (χ1) is 14.6. The van der Waals surface area contributed by atoms with E-state index in [1.165, 1.54) is 6.07 Å². The zero-order chi connectivity index (χ0) is 20.9. The molecule has 1 aromatic heterocycles. The lowest BCUT2D eigenvalue weighted by Gasteiger charge is -2.21. The number of hydrogen-bond donors (Lipinski definition) is 2. The van der Waals surface area contributed by atoms with Gasteiger partial charge < -0.3 is 25.0 Å². The van der Waals surface area contributed by atoms with Crippen LogP contribution in [-0.4, -0.2) is 49.8 Å². The average Bonchev–Trinajstić information content (AvgIpc) is 3.21. The predicted molar refractivity (Wildman–Crippen MR) is 131 cm³/mol. The van der Waals surface area contributed by atoms with Gasteiger partial charge in [-0.1, -0.05) is 11.6 Å². The summed E-state index contributed by atoms with van der Waals surface area (Å²) in [5, 5.41) is 7.23. The van der Waals surface area contributed by atoms with Crippen LogP contribution in [0.15, 0.2) is 35.5 Å². The minimum absolute atomic E-state index is 0. The number of anilines is 1. The highest BCUT2D eigenvalue weighted by molar-refractivity contribution is 14.0. The fraction of sp³-hybridized carbons (Fsp3) is 0.429. The Morgan fingerprint density at radius 2 is 2.19 bits per heavy atom. The first kappa shape index (κ1) is 23.6. The van der Waals surface area contributed by atoms with E-state index >= 15 is 0 Å². The highest BCUT2D eigenvalue weighted by Crippen LogP contribution is 2.38. The quantitative estimate of drug-likeness (QED) is 0.330. The minimum Gasteiger partial charge on any atom is -0.486 e. The number of hydrogen-bond acceptors (Lipinski definition) is 5. The maximum Gasteiger partial charge on any atom is 0.191 e. The van der Waals surface area contributed by atoms with Gasteiger partial charge in [-0.3, -0.25) is 0 Å². The highest BCUT2D eigenvalue weighted by atomic mass is 127. The van der Waals surface area contributed by atoms with Crippen LogP contribution in [0.2, 0.25) is 5.02 Å². The lowest BCUT2D eigenvalue weighted by Crippen LogP contribution is -2.44. The number of benzene rings is 1. The van der Waals surface area contributed by atoms with E-state index in [9.17, 15) is 4.39 Å². The molecule has 2 aromatic rings. The van der Waals surface area contributed by atoms with Crippen LogP contribution in [0.4, 0.5) is 10.2 Å². The lowest BCUT2D eigenvalue weighted by atomic mass is 10.2. The molecule has 1 unspecified atom stereocenters. The number of aliphatic imine (C=N–C) groups is 1. The van der Waals surface area contributed by atoms with E-state index < -0.39 is 0 Å². The maximum atomic E-state index is 14.0. The van der Waals surface area contributed by atoms with Gasteiger partial charge in [0.25, 0.3) is 0 Å². The van der Waals surface area contributed by atoms with Crippen LogP contribution in [-0.2, 0) is 6.54 Å². The zero-order valence-corrected chi connectivity index (χ0v) is 20.3. The lowest BCUT2D eigenvalue weighted by molar-refractivity contribution is 0.171. The second kappa shape index (κ2) is 11.0. The van der Waals surface area contributed by atoms with Crippen molar-refractivity contribution in [3.05, 3.63) is 46.9 Å². The SMILES string of the molecule is CCNC(=NCc1cc(Cl)c2c(c1)OCCO2)NC1CCN(c2ncccc2F)C1.I. The van der Waals surface area contributed by atoms with E-state index in [0.29, 0.717) is 54.6 Å². The molecule has 1 saturated heterocycles. The average molecular weight is 562 g/mol. The van der Waals surface area contributed by atoms with Gasteiger partial charge in [-0.2, -0.15) is 0 Å². The summed E-state index contributed by atoms with van der Waals surface area (Å²) in [6.07, 6.45) is 2.49. The number of fused-ring (bicyclic) bond motifs is 1. The molecule has 31 heavy (non-hydrogen) atoms. The Kier molecular flexibility index (Phi) is 8.42. The molecule has 168 valence electrons. The third-order valence-electron chi connectivity index (χ3n) is 4.99. The molecule has 4 rings (SSSR count). The van der Waals surface area contributed by atoms with Crippen molar-refractivity contribution in [2.45, 2.75) is 25.9 Å². The van der Waals surface area contributed by atoms with Crippen LogP contribution in [0.3, 0.4) is 0 Å². The second-order valence-corrected chi connectivity index (χ2v) is 7.59. The highest BCUT2D eigenvalue weighted by Gasteiger charge is 2.26. The van der Waals surface area contributed by atoms with E-state index in [-0.39, 0.29) is 35.8 Å². The molecular weight excluding hydrogens is 536 g/mol. The number of pyridine rings is 1. The Labute approximate surface area is 203 Å². The number of guanidine groups is 1. The minimum atomic E-state index is -0.297. The molecule has 0 aliphatic carbocycles. The summed E-state index contributed by atoms with van der Waals surface area (Å²) in [6.45, 7) is 5.60. The number of aromatic nitrogens is 1. The van der Waals surface area contributed by atoms with Crippen LogP contribution in [0.5, 0.6) is 11.5 Å². The smallest absolute Gasteiger partial charge is 0.191 e. The van der Waals surface area contributed by atoms with Crippen molar-refractivity contribution in [2.75, 3.05) is 37.7 Å². The monoisotopic (exact) mass is 561 g/mol. The number of nitrogens with zero attached hydrogens (tertiary/aromatic N) is 3. The summed E-state index contributed by atoms with van der Waals surface area (Å²) < 4.78 is 25.2. The van der Waals surface area contributed by atoms with Crippen molar-refractivity contribution < 1.29 is 13.9 Å². The van der Waals surface area contributed by atoms with E-state index in [0.717, 1.165) is 25.1 Å². The van der Waals surface area contributed by atoms with Crippen LogP contribution in [0.25, 0.3) is 0 Å². The fourth-order valence-electron chi connectivity index (χ4n) is 3.62. The van der Waals surface area contributed by atoms with Gasteiger partial charge in [-0.05, 0) is 43.2 Å². The number of halogens is 3. The first-order valence-corrected chi connectivity index (χ1v) is 10.5. The van der Waals surface area contributed by atoms with Gasteiger partial charge in [-0.15, -0.1) is 24.0 Å². The van der Waals surface area contributed by atoms with Gasteiger partial charge in [-0.25, -0.2) is 14.4 Å². The summed E-state index contributed by atoms with van der Waals surface area (Å²) in [5.41, 5.74) is 0.935. The Morgan fingerprint density at radius 3 is 3.00 bits per heavy atom. The van der Waals surface area contributed by atoms with Crippen LogP contribution < -0.4 is 25.0 Å². The molecule has 0 bridgehead atoms. The molecule has 1 atom stereocenters. The standard InChI is InChI=1S/C21H25ClFN5O2.HI/c1-2-24-21(26-12-14-10-16(22)19-18(11-14)29-8-9-30-19)27-15-5-7-28(13-15)20-17(23)4-3-6-25-20;/h3-4,6,10-11,15H,2,5,7-9,12-13H2,1H3,(H2,24,26,27);1H. The van der Waals surface area contributed by atoms with Gasteiger partial charge in [0.15, 0.2) is 29.1 Å². The third kappa shape index (κ3) is 5.82. The Hall–Kier alpha value is -2.01. The molecule has 0 radical (unpaired) electrons. The number of nitrogens with one attached hydrogen (secondary N) is 2. The summed E-state index contributed by atoms with van der Waals surface area (Å²) in [4.78, 5) is 10.8. The molecule has 1 fully saturated rings. The Morgan fingerprint density at radius 1 is 1.35 bits per heavy atom. The molecule has 0 saturated carbocycles. The van der Waals surface area contributed by atoms with E-state index in [1.54, 1.807) is 12.3 Å². The van der Waals surface area contributed by atoms with E-state index in [2.05, 4.69) is 20.6 Å². The predicted octanol–water partition coefficient (Wildman–Crippen LogP) is 3.60. The molecular formula is C21H26ClFIN5O2. The summed E-state index contributed by atoms with van der Waals surface area (Å²) in [5.74, 6) is 2.05. The Balaban J connectivity index is 0.00000272. The van der Waals surface area contributed by atoms with Crippen molar-refractivity contribution in [1.29, 1.82) is 0 Å². The molecule has 10 heteroatoms. The largest absolute Gasteiger partial charge is 0.486 e. The van der Waals surface area contributed by atoms with E-state index in [1.807, 2.05) is 24.0 Å². The van der Waals surface area contributed by atoms with Crippen molar-refractivity contribution in [3.8, 4) is 11.5 Å². The topological polar surface area (TPSA) is 71.0 Å². The van der Waals surface area contributed by atoms with Crippen molar-refractivity contribution >= 4 is 47.4 Å². The number of ether oxygens (including phenoxy) is 2. The molecule has 0 spiro atoms. The zero-order valence-electron chi connectivity index (χ0n) is 17.2. The van der Waals surface area contributed by atoms with Crippen molar-refractivity contribution in [1.82, 2.24) is 15.6 Å². The maximum absolute atomic E-state index is 14.0. The van der Waals surface area contributed by atoms with Crippen LogP contribution in [0, 0.1) is 5.82 Å². The molecule has 1 aromatic carbocycles. The molecule has 3 heterocycles. The Bertz CT molecular complexity index is 933. The molecule has 7 nitrogen and oxygen atoms in total. The van der Waals surface area contributed by atoms with Crippen molar-refractivity contribution in [3.63, 3.8) is 0 Å². The van der Waals surface area contributed by atoms with Gasteiger partial charge >= 0.3 is 0 Å². The van der Waals surface area contributed by atoms with Gasteiger partial charge in [0.1, 0.15) is 13.2 Å². The molecule has 2 aliphatic heterocycles. The second-order valence-electron chi connectivity index (χ2n) is 7.18. The normalized spacial score (nSPS) is 17.8. The summed E-state index contributed by atoms with van der Waals surface area (Å²) in [7, 11) is 0. The van der Waals surface area contributed by atoms with Crippen molar-refractivity contribution in [2.24, 2.45) is 4.99 Å². The van der Waals surface area contributed by atoms with Gasteiger partial charge in [0, 0.05) is 31.9 Å². The summed E-state index contributed by atoms with van der Waals surface area (Å²) >= 11 is 6.32. The van der Waals surface area contributed by atoms with Crippen LogP contribution >= 0.6 is 35.6 Å². The molecule has 2 aliphatic rings. The summed E-state index contributed by atoms with van der Waals surface area (Å²) in [6, 6.07) is 6.95. The van der Waals surface area contributed by atoms with Gasteiger partial charge in [0.05, 0.1) is 11.6 Å². The molecule has 2 N–H and O–H groups in total. The third-order valence-corrected chi connectivity index (χ3v) is 5.27. The van der Waals surface area contributed by atoms with Crippen LogP contribution in [0.1, 0.15) is 18.9 Å². The fourth-order valence-corrected chi connectivity index (χ4v) is 3.91. The molecule has 0 amide bonds. The van der Waals surface area contributed by atoms with E-state index in [4.69, 9.17) is 21.1 Å². The first-order valence-electron chi connectivity index (χ1n) is 10.1. The number of rotatable bonds is 5.